The Morgan fingerprint density at radius 3 is 2.50 bits per heavy atom. The number of fused-ring (bicyclic) bond motifs is 1. The van der Waals surface area contributed by atoms with E-state index in [-0.39, 0.29) is 5.56 Å². The van der Waals surface area contributed by atoms with Crippen molar-refractivity contribution in [1.82, 2.24) is 14.6 Å². The normalized spacial score (nSPS) is 12.1. The Bertz CT molecular complexity index is 1100. The van der Waals surface area contributed by atoms with Crippen LogP contribution in [0, 0.1) is 0 Å². The zero-order chi connectivity index (χ0) is 16.5. The third-order valence-electron chi connectivity index (χ3n) is 3.90. The molecule has 118 valence electrons. The fourth-order valence-corrected chi connectivity index (χ4v) is 3.45. The average Bonchev–Trinajstić information content (AvgIpc) is 3.17. The summed E-state index contributed by atoms with van der Waals surface area (Å²) in [5.74, 6) is 0.581. The molecule has 0 unspecified atom stereocenters. The predicted octanol–water partition coefficient (Wildman–Crippen LogP) is 2.93. The quantitative estimate of drug-likeness (QED) is 0.579. The minimum atomic E-state index is -0.121. The summed E-state index contributed by atoms with van der Waals surface area (Å²) in [6.45, 7) is 2.12. The molecule has 0 amide bonds. The van der Waals surface area contributed by atoms with Crippen molar-refractivity contribution in [3.05, 3.63) is 80.6 Å². The molecule has 0 N–H and O–H groups in total. The van der Waals surface area contributed by atoms with Crippen LogP contribution in [-0.4, -0.2) is 14.6 Å². The number of rotatable bonds is 3. The van der Waals surface area contributed by atoms with E-state index in [2.05, 4.69) is 29.1 Å². The molecule has 0 aliphatic heterocycles. The van der Waals surface area contributed by atoms with Gasteiger partial charge >= 0.3 is 0 Å². The lowest BCUT2D eigenvalue weighted by molar-refractivity contribution is 0.937. The zero-order valence-corrected chi connectivity index (χ0v) is 14.0. The summed E-state index contributed by atoms with van der Waals surface area (Å²) in [6, 6.07) is 17.9. The van der Waals surface area contributed by atoms with E-state index in [1.165, 1.54) is 21.4 Å². The van der Waals surface area contributed by atoms with Gasteiger partial charge in [0.2, 0.25) is 4.96 Å². The third kappa shape index (κ3) is 2.63. The Kier molecular flexibility index (Phi) is 3.70. The standard InChI is InChI=1S/C19H15N3OS/c1-2-13-8-10-14(11-9-13)12-16-18(23)22-19(24-16)20-17(21-22)15-6-4-3-5-7-15/h3-12H,2H2,1H3/b16-12-. The molecule has 5 heteroatoms. The Morgan fingerprint density at radius 1 is 1.08 bits per heavy atom. The second kappa shape index (κ2) is 6.02. The molecule has 4 nitrogen and oxygen atoms in total. The molecule has 0 aliphatic rings. The van der Waals surface area contributed by atoms with Crippen molar-refractivity contribution < 1.29 is 0 Å². The van der Waals surface area contributed by atoms with E-state index in [9.17, 15) is 4.79 Å². The van der Waals surface area contributed by atoms with Crippen LogP contribution in [0.25, 0.3) is 22.4 Å². The van der Waals surface area contributed by atoms with Crippen molar-refractivity contribution >= 4 is 22.4 Å². The van der Waals surface area contributed by atoms with Gasteiger partial charge in [-0.15, -0.1) is 5.10 Å². The molecule has 0 fully saturated rings. The van der Waals surface area contributed by atoms with Crippen LogP contribution >= 0.6 is 11.3 Å². The van der Waals surface area contributed by atoms with E-state index < -0.39 is 0 Å². The van der Waals surface area contributed by atoms with Gasteiger partial charge in [0.1, 0.15) is 0 Å². The van der Waals surface area contributed by atoms with Gasteiger partial charge in [-0.3, -0.25) is 4.79 Å². The molecule has 0 atom stereocenters. The lowest BCUT2D eigenvalue weighted by Crippen LogP contribution is -2.23. The van der Waals surface area contributed by atoms with Crippen molar-refractivity contribution in [2.24, 2.45) is 0 Å². The van der Waals surface area contributed by atoms with Gasteiger partial charge in [0, 0.05) is 5.56 Å². The van der Waals surface area contributed by atoms with E-state index >= 15 is 0 Å². The number of nitrogens with zero attached hydrogens (tertiary/aromatic N) is 3. The van der Waals surface area contributed by atoms with Crippen LogP contribution in [0.1, 0.15) is 18.1 Å². The second-order valence-electron chi connectivity index (χ2n) is 5.51. The molecular weight excluding hydrogens is 318 g/mol. The maximum absolute atomic E-state index is 12.5. The Hall–Kier alpha value is -2.79. The summed E-state index contributed by atoms with van der Waals surface area (Å²) in [5, 5.41) is 4.36. The van der Waals surface area contributed by atoms with E-state index in [1.54, 1.807) is 0 Å². The van der Waals surface area contributed by atoms with Gasteiger partial charge in [0.25, 0.3) is 5.56 Å². The van der Waals surface area contributed by atoms with Gasteiger partial charge in [0.05, 0.1) is 4.53 Å². The molecule has 24 heavy (non-hydrogen) atoms. The maximum atomic E-state index is 12.5. The number of aryl methyl sites for hydroxylation is 1. The van der Waals surface area contributed by atoms with Crippen LogP contribution in [0.15, 0.2) is 59.4 Å². The van der Waals surface area contributed by atoms with Crippen molar-refractivity contribution in [3.8, 4) is 11.4 Å². The molecule has 2 aromatic carbocycles. The van der Waals surface area contributed by atoms with Crippen LogP contribution in [0.4, 0.5) is 0 Å². The molecule has 0 bridgehead atoms. The molecule has 0 radical (unpaired) electrons. The van der Waals surface area contributed by atoms with Gasteiger partial charge in [-0.05, 0) is 23.6 Å². The molecular formula is C19H15N3OS. The first-order chi connectivity index (χ1) is 11.7. The van der Waals surface area contributed by atoms with Crippen molar-refractivity contribution in [3.63, 3.8) is 0 Å². The van der Waals surface area contributed by atoms with Crippen LogP contribution in [0.5, 0.6) is 0 Å². The molecule has 4 rings (SSSR count). The maximum Gasteiger partial charge on any atom is 0.291 e. The molecule has 2 heterocycles. The summed E-state index contributed by atoms with van der Waals surface area (Å²) in [6.07, 6.45) is 2.90. The molecule has 4 aromatic rings. The SMILES string of the molecule is CCc1ccc(/C=c2\sc3nc(-c4ccccc4)nn3c2=O)cc1. The smallest absolute Gasteiger partial charge is 0.266 e. The molecule has 0 saturated carbocycles. The number of hydrogen-bond donors (Lipinski definition) is 0. The monoisotopic (exact) mass is 333 g/mol. The van der Waals surface area contributed by atoms with Gasteiger partial charge in [-0.2, -0.15) is 9.50 Å². The topological polar surface area (TPSA) is 47.3 Å². The van der Waals surface area contributed by atoms with E-state index in [1.807, 2.05) is 48.5 Å². The number of hydrogen-bond acceptors (Lipinski definition) is 4. The van der Waals surface area contributed by atoms with Gasteiger partial charge in [0.15, 0.2) is 5.82 Å². The predicted molar refractivity (Wildman–Crippen MR) is 97.2 cm³/mol. The summed E-state index contributed by atoms with van der Waals surface area (Å²) in [4.78, 5) is 17.6. The first kappa shape index (κ1) is 14.8. The number of aromatic nitrogens is 3. The third-order valence-corrected chi connectivity index (χ3v) is 4.86. The van der Waals surface area contributed by atoms with Crippen LogP contribution < -0.4 is 10.1 Å². The molecule has 0 saturated heterocycles. The summed E-state index contributed by atoms with van der Waals surface area (Å²) < 4.78 is 2.04. The summed E-state index contributed by atoms with van der Waals surface area (Å²) in [5.41, 5.74) is 3.08. The van der Waals surface area contributed by atoms with Crippen LogP contribution in [-0.2, 0) is 6.42 Å². The van der Waals surface area contributed by atoms with Gasteiger partial charge in [-0.25, -0.2) is 0 Å². The van der Waals surface area contributed by atoms with Crippen molar-refractivity contribution in [2.75, 3.05) is 0 Å². The lowest BCUT2D eigenvalue weighted by Gasteiger charge is -1.96. The summed E-state index contributed by atoms with van der Waals surface area (Å²) in [7, 11) is 0. The first-order valence-corrected chi connectivity index (χ1v) is 8.62. The van der Waals surface area contributed by atoms with Gasteiger partial charge in [-0.1, -0.05) is 72.9 Å². The van der Waals surface area contributed by atoms with Crippen LogP contribution in [0.2, 0.25) is 0 Å². The second-order valence-corrected chi connectivity index (χ2v) is 6.52. The Morgan fingerprint density at radius 2 is 1.83 bits per heavy atom. The fraction of sp³-hybridized carbons (Fsp3) is 0.105. The highest BCUT2D eigenvalue weighted by atomic mass is 32.1. The molecule has 2 aromatic heterocycles. The largest absolute Gasteiger partial charge is 0.291 e. The molecule has 0 spiro atoms. The first-order valence-electron chi connectivity index (χ1n) is 7.80. The minimum Gasteiger partial charge on any atom is -0.266 e. The average molecular weight is 333 g/mol. The highest BCUT2D eigenvalue weighted by Crippen LogP contribution is 2.15. The lowest BCUT2D eigenvalue weighted by atomic mass is 10.1. The van der Waals surface area contributed by atoms with Crippen molar-refractivity contribution in [1.29, 1.82) is 0 Å². The van der Waals surface area contributed by atoms with Gasteiger partial charge < -0.3 is 0 Å². The van der Waals surface area contributed by atoms with Crippen molar-refractivity contribution in [2.45, 2.75) is 13.3 Å². The number of thiazole rings is 1. The Labute approximate surface area is 142 Å². The summed E-state index contributed by atoms with van der Waals surface area (Å²) >= 11 is 1.37. The highest BCUT2D eigenvalue weighted by Gasteiger charge is 2.11. The fourth-order valence-electron chi connectivity index (χ4n) is 2.54. The van der Waals surface area contributed by atoms with Crippen LogP contribution in [0.3, 0.4) is 0 Å². The van der Waals surface area contributed by atoms with E-state index in [0.29, 0.717) is 15.3 Å². The number of benzene rings is 2. The van der Waals surface area contributed by atoms with E-state index in [0.717, 1.165) is 17.5 Å². The molecule has 0 aliphatic carbocycles. The minimum absolute atomic E-state index is 0.121. The van der Waals surface area contributed by atoms with E-state index in [4.69, 9.17) is 0 Å². The zero-order valence-electron chi connectivity index (χ0n) is 13.1. The Balaban J connectivity index is 1.78. The highest BCUT2D eigenvalue weighted by molar-refractivity contribution is 7.15.